The van der Waals surface area contributed by atoms with Gasteiger partial charge in [-0.1, -0.05) is 34.8 Å². The Morgan fingerprint density at radius 3 is 2.00 bits per heavy atom. The van der Waals surface area contributed by atoms with Crippen LogP contribution in [0.3, 0.4) is 0 Å². The van der Waals surface area contributed by atoms with Crippen molar-refractivity contribution in [3.8, 4) is 11.8 Å². The Bertz CT molecular complexity index is 482. The van der Waals surface area contributed by atoms with E-state index in [0.29, 0.717) is 10.8 Å². The normalized spacial score (nSPS) is 10.2. The molecule has 16 heavy (non-hydrogen) atoms. The van der Waals surface area contributed by atoms with Crippen LogP contribution in [-0.2, 0) is 0 Å². The zero-order valence-electron chi connectivity index (χ0n) is 7.82. The minimum Gasteiger partial charge on any atom is -0.424 e. The molecule has 0 spiro atoms. The molecule has 0 unspecified atom stereocenters. The number of benzene rings is 1. The Kier molecular flexibility index (Phi) is 3.49. The monoisotopic (exact) mass is 274 g/mol. The van der Waals surface area contributed by atoms with Gasteiger partial charge in [0.25, 0.3) is 0 Å². The topological polar surface area (TPSA) is 35.0 Å². The minimum absolute atomic E-state index is 0.0971. The molecule has 82 valence electrons. The second-order valence-electron chi connectivity index (χ2n) is 2.85. The standard InChI is InChI=1S/C10H5Cl3N2O/c11-6-1-3-7(4-2-6)16-10-14-8(12)5-9(13)15-10/h1-5H. The summed E-state index contributed by atoms with van der Waals surface area (Å²) in [7, 11) is 0. The molecular formula is C10H5Cl3N2O. The molecule has 0 saturated heterocycles. The number of halogens is 3. The number of rotatable bonds is 2. The van der Waals surface area contributed by atoms with E-state index in [0.717, 1.165) is 0 Å². The maximum absolute atomic E-state index is 5.74. The third-order valence-corrected chi connectivity index (χ3v) is 2.31. The van der Waals surface area contributed by atoms with Gasteiger partial charge in [0.2, 0.25) is 0 Å². The van der Waals surface area contributed by atoms with E-state index in [4.69, 9.17) is 39.5 Å². The summed E-state index contributed by atoms with van der Waals surface area (Å²) in [4.78, 5) is 7.73. The van der Waals surface area contributed by atoms with E-state index in [2.05, 4.69) is 9.97 Å². The predicted molar refractivity (Wildman–Crippen MR) is 63.6 cm³/mol. The van der Waals surface area contributed by atoms with E-state index in [-0.39, 0.29) is 16.3 Å². The third kappa shape index (κ3) is 2.98. The number of hydrogen-bond donors (Lipinski definition) is 0. The van der Waals surface area contributed by atoms with Crippen LogP contribution in [0.1, 0.15) is 0 Å². The number of hydrogen-bond acceptors (Lipinski definition) is 3. The Morgan fingerprint density at radius 1 is 0.875 bits per heavy atom. The Balaban J connectivity index is 2.23. The maximum atomic E-state index is 5.74. The lowest BCUT2D eigenvalue weighted by molar-refractivity contribution is 0.442. The molecule has 0 aliphatic heterocycles. The van der Waals surface area contributed by atoms with E-state index in [1.54, 1.807) is 24.3 Å². The highest BCUT2D eigenvalue weighted by molar-refractivity contribution is 6.33. The molecule has 0 saturated carbocycles. The number of aromatic nitrogens is 2. The van der Waals surface area contributed by atoms with E-state index in [9.17, 15) is 0 Å². The van der Waals surface area contributed by atoms with E-state index < -0.39 is 0 Å². The van der Waals surface area contributed by atoms with E-state index in [1.807, 2.05) is 0 Å². The van der Waals surface area contributed by atoms with Gasteiger partial charge in [-0.25, -0.2) is 0 Å². The Labute approximate surface area is 107 Å². The SMILES string of the molecule is Clc1ccc(Oc2nc(Cl)cc(Cl)n2)cc1. The largest absolute Gasteiger partial charge is 0.424 e. The van der Waals surface area contributed by atoms with Crippen molar-refractivity contribution < 1.29 is 4.74 Å². The summed E-state index contributed by atoms with van der Waals surface area (Å²) in [6.45, 7) is 0. The van der Waals surface area contributed by atoms with Crippen LogP contribution in [0.25, 0.3) is 0 Å². The van der Waals surface area contributed by atoms with Crippen LogP contribution in [0.5, 0.6) is 11.8 Å². The van der Waals surface area contributed by atoms with Gasteiger partial charge in [-0.15, -0.1) is 0 Å². The fourth-order valence-corrected chi connectivity index (χ4v) is 1.56. The first-order valence-electron chi connectivity index (χ1n) is 4.27. The molecule has 0 aliphatic carbocycles. The summed E-state index contributed by atoms with van der Waals surface area (Å²) in [5.74, 6) is 0.558. The van der Waals surface area contributed by atoms with Crippen molar-refractivity contribution in [3.63, 3.8) is 0 Å². The average molecular weight is 276 g/mol. The van der Waals surface area contributed by atoms with Gasteiger partial charge in [-0.05, 0) is 24.3 Å². The van der Waals surface area contributed by atoms with Crippen molar-refractivity contribution in [2.45, 2.75) is 0 Å². The summed E-state index contributed by atoms with van der Waals surface area (Å²) in [6.07, 6.45) is 0. The second kappa shape index (κ2) is 4.87. The molecule has 0 atom stereocenters. The van der Waals surface area contributed by atoms with Crippen molar-refractivity contribution in [2.24, 2.45) is 0 Å². The first-order valence-corrected chi connectivity index (χ1v) is 5.40. The molecular weight excluding hydrogens is 270 g/mol. The average Bonchev–Trinajstić information content (AvgIpc) is 2.20. The molecule has 3 nitrogen and oxygen atoms in total. The van der Waals surface area contributed by atoms with E-state index in [1.165, 1.54) is 6.07 Å². The lowest BCUT2D eigenvalue weighted by Gasteiger charge is -2.03. The summed E-state index contributed by atoms with van der Waals surface area (Å²) in [6, 6.07) is 8.31. The Morgan fingerprint density at radius 2 is 1.44 bits per heavy atom. The molecule has 1 aromatic carbocycles. The number of nitrogens with zero attached hydrogens (tertiary/aromatic N) is 2. The molecule has 0 fully saturated rings. The number of ether oxygens (including phenoxy) is 1. The van der Waals surface area contributed by atoms with Crippen LogP contribution < -0.4 is 4.74 Å². The first kappa shape index (κ1) is 11.5. The summed E-state index contributed by atoms with van der Waals surface area (Å²) in [5, 5.41) is 1.07. The zero-order chi connectivity index (χ0) is 11.5. The molecule has 0 bridgehead atoms. The van der Waals surface area contributed by atoms with Crippen LogP contribution in [0.15, 0.2) is 30.3 Å². The highest BCUT2D eigenvalue weighted by atomic mass is 35.5. The molecule has 0 N–H and O–H groups in total. The quantitative estimate of drug-likeness (QED) is 0.769. The van der Waals surface area contributed by atoms with Crippen molar-refractivity contribution in [1.29, 1.82) is 0 Å². The fourth-order valence-electron chi connectivity index (χ4n) is 1.02. The molecule has 2 rings (SSSR count). The highest BCUT2D eigenvalue weighted by Gasteiger charge is 2.04. The summed E-state index contributed by atoms with van der Waals surface area (Å²) in [5.41, 5.74) is 0. The van der Waals surface area contributed by atoms with Crippen LogP contribution in [0, 0.1) is 0 Å². The van der Waals surface area contributed by atoms with Crippen LogP contribution in [0.2, 0.25) is 15.3 Å². The summed E-state index contributed by atoms with van der Waals surface area (Å²) >= 11 is 17.1. The van der Waals surface area contributed by atoms with Crippen molar-refractivity contribution >= 4 is 34.8 Å². The third-order valence-electron chi connectivity index (χ3n) is 1.67. The second-order valence-corrected chi connectivity index (χ2v) is 4.06. The molecule has 1 heterocycles. The van der Waals surface area contributed by atoms with Gasteiger partial charge in [0.15, 0.2) is 0 Å². The minimum atomic E-state index is 0.0971. The maximum Gasteiger partial charge on any atom is 0.324 e. The Hall–Kier alpha value is -1.03. The van der Waals surface area contributed by atoms with Gasteiger partial charge in [0, 0.05) is 11.1 Å². The first-order chi connectivity index (χ1) is 7.63. The van der Waals surface area contributed by atoms with Crippen molar-refractivity contribution in [2.75, 3.05) is 0 Å². The lowest BCUT2D eigenvalue weighted by Crippen LogP contribution is -1.92. The predicted octanol–water partition coefficient (Wildman–Crippen LogP) is 4.23. The van der Waals surface area contributed by atoms with Crippen LogP contribution in [-0.4, -0.2) is 9.97 Å². The van der Waals surface area contributed by atoms with Crippen molar-refractivity contribution in [1.82, 2.24) is 9.97 Å². The van der Waals surface area contributed by atoms with E-state index >= 15 is 0 Å². The van der Waals surface area contributed by atoms with Crippen molar-refractivity contribution in [3.05, 3.63) is 45.7 Å². The van der Waals surface area contributed by atoms with Crippen LogP contribution >= 0.6 is 34.8 Å². The summed E-state index contributed by atoms with van der Waals surface area (Å²) < 4.78 is 5.35. The van der Waals surface area contributed by atoms with Gasteiger partial charge in [0.1, 0.15) is 16.1 Å². The molecule has 0 aliphatic rings. The molecule has 0 amide bonds. The van der Waals surface area contributed by atoms with Gasteiger partial charge in [-0.2, -0.15) is 9.97 Å². The fraction of sp³-hybridized carbons (Fsp3) is 0. The van der Waals surface area contributed by atoms with Gasteiger partial charge < -0.3 is 4.74 Å². The van der Waals surface area contributed by atoms with Crippen LogP contribution in [0.4, 0.5) is 0 Å². The highest BCUT2D eigenvalue weighted by Crippen LogP contribution is 2.22. The molecule has 1 aromatic heterocycles. The van der Waals surface area contributed by atoms with Gasteiger partial charge in [0.05, 0.1) is 0 Å². The molecule has 2 aromatic rings. The smallest absolute Gasteiger partial charge is 0.324 e. The molecule has 0 radical (unpaired) electrons. The zero-order valence-corrected chi connectivity index (χ0v) is 10.1. The van der Waals surface area contributed by atoms with Gasteiger partial charge >= 0.3 is 6.01 Å². The lowest BCUT2D eigenvalue weighted by atomic mass is 10.3. The molecule has 6 heteroatoms. The van der Waals surface area contributed by atoms with Gasteiger partial charge in [-0.3, -0.25) is 0 Å².